The lowest BCUT2D eigenvalue weighted by molar-refractivity contribution is -0.143. The molecule has 28 heavy (non-hydrogen) atoms. The van der Waals surface area contributed by atoms with E-state index in [1.165, 1.54) is 12.1 Å². The van der Waals surface area contributed by atoms with E-state index in [0.29, 0.717) is 17.9 Å². The number of H-pyrrole nitrogens is 1. The predicted molar refractivity (Wildman–Crippen MR) is 102 cm³/mol. The lowest BCUT2D eigenvalue weighted by Gasteiger charge is -2.08. The van der Waals surface area contributed by atoms with Crippen molar-refractivity contribution in [1.29, 1.82) is 0 Å². The van der Waals surface area contributed by atoms with Gasteiger partial charge in [0.2, 0.25) is 0 Å². The van der Waals surface area contributed by atoms with E-state index in [9.17, 15) is 19.2 Å². The van der Waals surface area contributed by atoms with Crippen LogP contribution in [0, 0.1) is 0 Å². The van der Waals surface area contributed by atoms with E-state index in [4.69, 9.17) is 9.47 Å². The standard InChI is InChI=1S/C20H18N2O6/c1-2-27-14-9-7-13(8-10-14)17(23)12-28-18(24)11-22-20(26)16-6-4-3-5-15(16)19(25)21-22/h3-10H,2,11-12H2,1H3,(H,21,25). The molecule has 0 fully saturated rings. The number of aromatic amines is 1. The zero-order valence-electron chi connectivity index (χ0n) is 15.1. The van der Waals surface area contributed by atoms with Crippen LogP contribution >= 0.6 is 0 Å². The van der Waals surface area contributed by atoms with Crippen molar-refractivity contribution >= 4 is 22.5 Å². The third-order valence-electron chi connectivity index (χ3n) is 4.02. The number of esters is 1. The fourth-order valence-corrected chi connectivity index (χ4v) is 2.67. The van der Waals surface area contributed by atoms with Gasteiger partial charge in [-0.05, 0) is 43.3 Å². The average molecular weight is 382 g/mol. The quantitative estimate of drug-likeness (QED) is 0.490. The molecular weight excluding hydrogens is 364 g/mol. The SMILES string of the molecule is CCOc1ccc(C(=O)COC(=O)Cn2[nH]c(=O)c3ccccc3c2=O)cc1. The molecule has 1 heterocycles. The Morgan fingerprint density at radius 2 is 1.68 bits per heavy atom. The molecule has 0 bridgehead atoms. The van der Waals surface area contributed by atoms with Crippen molar-refractivity contribution in [3.05, 3.63) is 74.8 Å². The summed E-state index contributed by atoms with van der Waals surface area (Å²) in [5, 5.41) is 2.77. The van der Waals surface area contributed by atoms with E-state index in [2.05, 4.69) is 5.10 Å². The molecule has 0 saturated heterocycles. The lowest BCUT2D eigenvalue weighted by atomic mass is 10.1. The second-order valence-electron chi connectivity index (χ2n) is 5.92. The van der Waals surface area contributed by atoms with E-state index < -0.39 is 36.0 Å². The maximum Gasteiger partial charge on any atom is 0.328 e. The Labute approximate surface area is 159 Å². The predicted octanol–water partition coefficient (Wildman–Crippen LogP) is 1.51. The fourth-order valence-electron chi connectivity index (χ4n) is 2.67. The minimum Gasteiger partial charge on any atom is -0.494 e. The van der Waals surface area contributed by atoms with Crippen LogP contribution in [0.15, 0.2) is 58.1 Å². The highest BCUT2D eigenvalue weighted by Gasteiger charge is 2.13. The van der Waals surface area contributed by atoms with Crippen LogP contribution in [0.25, 0.3) is 10.8 Å². The van der Waals surface area contributed by atoms with Gasteiger partial charge in [0.05, 0.1) is 17.4 Å². The number of hydrogen-bond acceptors (Lipinski definition) is 6. The molecule has 0 saturated carbocycles. The Bertz CT molecular complexity index is 1130. The van der Waals surface area contributed by atoms with Gasteiger partial charge in [-0.1, -0.05) is 12.1 Å². The van der Waals surface area contributed by atoms with E-state index in [1.54, 1.807) is 36.4 Å². The molecule has 1 aromatic heterocycles. The summed E-state index contributed by atoms with van der Waals surface area (Å²) in [6.45, 7) is 1.39. The fraction of sp³-hybridized carbons (Fsp3) is 0.200. The molecule has 0 aliphatic rings. The van der Waals surface area contributed by atoms with Gasteiger partial charge in [-0.3, -0.25) is 24.3 Å². The van der Waals surface area contributed by atoms with Crippen molar-refractivity contribution in [2.45, 2.75) is 13.5 Å². The summed E-state index contributed by atoms with van der Waals surface area (Å²) in [5.41, 5.74) is -0.647. The lowest BCUT2D eigenvalue weighted by Crippen LogP contribution is -2.33. The van der Waals surface area contributed by atoms with E-state index >= 15 is 0 Å². The number of aromatic nitrogens is 2. The number of ketones is 1. The van der Waals surface area contributed by atoms with Gasteiger partial charge in [0, 0.05) is 5.56 Å². The van der Waals surface area contributed by atoms with Gasteiger partial charge < -0.3 is 9.47 Å². The van der Waals surface area contributed by atoms with Crippen LogP contribution in [0.5, 0.6) is 5.75 Å². The molecule has 3 aromatic rings. The third kappa shape index (κ3) is 4.17. The molecule has 0 spiro atoms. The number of rotatable bonds is 7. The van der Waals surface area contributed by atoms with Crippen molar-refractivity contribution in [1.82, 2.24) is 9.78 Å². The van der Waals surface area contributed by atoms with E-state index in [1.807, 2.05) is 6.92 Å². The molecule has 0 aliphatic heterocycles. The number of carbonyl (C=O) groups is 2. The second-order valence-corrected chi connectivity index (χ2v) is 5.92. The summed E-state index contributed by atoms with van der Waals surface area (Å²) in [6.07, 6.45) is 0. The number of ether oxygens (including phenoxy) is 2. The van der Waals surface area contributed by atoms with E-state index in [-0.39, 0.29) is 10.8 Å². The smallest absolute Gasteiger partial charge is 0.328 e. The summed E-state index contributed by atoms with van der Waals surface area (Å²) >= 11 is 0. The minimum atomic E-state index is -0.813. The molecule has 8 nitrogen and oxygen atoms in total. The highest BCUT2D eigenvalue weighted by atomic mass is 16.5. The third-order valence-corrected chi connectivity index (χ3v) is 4.02. The molecule has 144 valence electrons. The highest BCUT2D eigenvalue weighted by molar-refractivity contribution is 5.98. The van der Waals surface area contributed by atoms with Crippen LogP contribution in [0.1, 0.15) is 17.3 Å². The number of Topliss-reactive ketones (excluding diaryl/α,β-unsaturated/α-hetero) is 1. The summed E-state index contributed by atoms with van der Waals surface area (Å²) in [7, 11) is 0. The highest BCUT2D eigenvalue weighted by Crippen LogP contribution is 2.12. The number of nitrogens with one attached hydrogen (secondary N) is 1. The first-order valence-corrected chi connectivity index (χ1v) is 8.63. The maximum atomic E-state index is 12.4. The van der Waals surface area contributed by atoms with Crippen molar-refractivity contribution in [2.24, 2.45) is 0 Å². The van der Waals surface area contributed by atoms with Gasteiger partial charge in [-0.25, -0.2) is 4.68 Å². The zero-order chi connectivity index (χ0) is 20.1. The van der Waals surface area contributed by atoms with E-state index in [0.717, 1.165) is 4.68 Å². The van der Waals surface area contributed by atoms with Gasteiger partial charge in [-0.15, -0.1) is 0 Å². The molecule has 1 N–H and O–H groups in total. The minimum absolute atomic E-state index is 0.199. The van der Waals surface area contributed by atoms with Crippen LogP contribution < -0.4 is 15.9 Å². The van der Waals surface area contributed by atoms with Crippen molar-refractivity contribution in [3.8, 4) is 5.75 Å². The molecule has 0 atom stereocenters. The summed E-state index contributed by atoms with van der Waals surface area (Å²) < 4.78 is 11.1. The van der Waals surface area contributed by atoms with Gasteiger partial charge in [0.25, 0.3) is 11.1 Å². The van der Waals surface area contributed by atoms with Crippen LogP contribution in [0.4, 0.5) is 0 Å². The average Bonchev–Trinajstić information content (AvgIpc) is 2.71. The van der Waals surface area contributed by atoms with Crippen LogP contribution in [0.3, 0.4) is 0 Å². The molecular formula is C20H18N2O6. The maximum absolute atomic E-state index is 12.4. The molecule has 0 radical (unpaired) electrons. The van der Waals surface area contributed by atoms with Gasteiger partial charge in [0.15, 0.2) is 12.4 Å². The Kier molecular flexibility index (Phi) is 5.69. The molecule has 8 heteroatoms. The monoisotopic (exact) mass is 382 g/mol. The summed E-state index contributed by atoms with van der Waals surface area (Å²) in [5.74, 6) is -0.571. The Hall–Kier alpha value is -3.68. The second kappa shape index (κ2) is 8.34. The van der Waals surface area contributed by atoms with Crippen LogP contribution in [-0.2, 0) is 16.1 Å². The van der Waals surface area contributed by atoms with Gasteiger partial charge >= 0.3 is 5.97 Å². The number of hydrogen-bond donors (Lipinski definition) is 1. The van der Waals surface area contributed by atoms with Gasteiger partial charge in [-0.2, -0.15) is 0 Å². The Morgan fingerprint density at radius 1 is 1.00 bits per heavy atom. The number of fused-ring (bicyclic) bond motifs is 1. The van der Waals surface area contributed by atoms with Crippen molar-refractivity contribution in [3.63, 3.8) is 0 Å². The first kappa shape index (κ1) is 19.1. The first-order chi connectivity index (χ1) is 13.5. The normalized spacial score (nSPS) is 10.6. The summed E-state index contributed by atoms with van der Waals surface area (Å²) in [6, 6.07) is 12.7. The number of nitrogens with zero attached hydrogens (tertiary/aromatic N) is 1. The molecule has 0 aliphatic carbocycles. The zero-order valence-corrected chi connectivity index (χ0v) is 15.1. The van der Waals surface area contributed by atoms with Crippen molar-refractivity contribution < 1.29 is 19.1 Å². The topological polar surface area (TPSA) is 107 Å². The van der Waals surface area contributed by atoms with Crippen LogP contribution in [0.2, 0.25) is 0 Å². The van der Waals surface area contributed by atoms with Gasteiger partial charge in [0.1, 0.15) is 12.3 Å². The molecule has 3 rings (SSSR count). The Morgan fingerprint density at radius 3 is 2.36 bits per heavy atom. The molecule has 0 amide bonds. The summed E-state index contributed by atoms with van der Waals surface area (Å²) in [4.78, 5) is 48.5. The number of carbonyl (C=O) groups excluding carboxylic acids is 2. The molecule has 2 aromatic carbocycles. The first-order valence-electron chi connectivity index (χ1n) is 8.63. The van der Waals surface area contributed by atoms with Crippen molar-refractivity contribution in [2.75, 3.05) is 13.2 Å². The largest absolute Gasteiger partial charge is 0.494 e. The van der Waals surface area contributed by atoms with Crippen LogP contribution in [-0.4, -0.2) is 34.7 Å². The number of benzene rings is 2. The Balaban J connectivity index is 1.65. The molecule has 0 unspecified atom stereocenters.